The molecule has 0 radical (unpaired) electrons. The molecule has 1 aromatic rings. The Labute approximate surface area is 153 Å². The second kappa shape index (κ2) is 7.85. The highest BCUT2D eigenvalue weighted by atomic mass is 16.5. The van der Waals surface area contributed by atoms with E-state index in [1.807, 2.05) is 4.90 Å². The molecule has 1 aliphatic carbocycles. The molecule has 1 aliphatic heterocycles. The van der Waals surface area contributed by atoms with Crippen LogP contribution in [0.3, 0.4) is 0 Å². The van der Waals surface area contributed by atoms with E-state index < -0.39 is 0 Å². The smallest absolute Gasteiger partial charge is 0.229 e. The summed E-state index contributed by atoms with van der Waals surface area (Å²) in [5.74, 6) is 1.00. The number of benzene rings is 1. The van der Waals surface area contributed by atoms with E-state index in [0.717, 1.165) is 25.7 Å². The van der Waals surface area contributed by atoms with E-state index in [-0.39, 0.29) is 24.2 Å². The quantitative estimate of drug-likeness (QED) is 0.841. The molecule has 142 valence electrons. The third-order valence-electron chi connectivity index (χ3n) is 5.23. The van der Waals surface area contributed by atoms with Gasteiger partial charge in [-0.05, 0) is 12.8 Å². The standard InChI is InChI=1S/C19H26N2O5/c1-24-15-9-13(10-16(25-2)18(15)26-3)20-19(23)12-8-17(22)21(11-12)14-6-4-5-7-14/h9-10,12,14H,4-8,11H2,1-3H3,(H,20,23)/t12-/m1/s1. The van der Waals surface area contributed by atoms with Crippen LogP contribution in [0, 0.1) is 5.92 Å². The maximum Gasteiger partial charge on any atom is 0.229 e. The first kappa shape index (κ1) is 18.4. The highest BCUT2D eigenvalue weighted by Crippen LogP contribution is 2.40. The summed E-state index contributed by atoms with van der Waals surface area (Å²) in [5, 5.41) is 2.88. The molecule has 7 heteroatoms. The molecule has 1 atom stereocenters. The lowest BCUT2D eigenvalue weighted by Gasteiger charge is -2.24. The van der Waals surface area contributed by atoms with Crippen molar-refractivity contribution in [3.8, 4) is 17.2 Å². The summed E-state index contributed by atoms with van der Waals surface area (Å²) >= 11 is 0. The van der Waals surface area contributed by atoms with Crippen molar-refractivity contribution in [2.45, 2.75) is 38.1 Å². The van der Waals surface area contributed by atoms with Gasteiger partial charge in [0.2, 0.25) is 17.6 Å². The Morgan fingerprint density at radius 2 is 1.69 bits per heavy atom. The third kappa shape index (κ3) is 3.57. The fraction of sp³-hybridized carbons (Fsp3) is 0.579. The van der Waals surface area contributed by atoms with Gasteiger partial charge in [-0.25, -0.2) is 0 Å². The number of anilines is 1. The maximum absolute atomic E-state index is 12.7. The fourth-order valence-corrected chi connectivity index (χ4v) is 3.87. The monoisotopic (exact) mass is 362 g/mol. The second-order valence-corrected chi connectivity index (χ2v) is 6.79. The van der Waals surface area contributed by atoms with Crippen molar-refractivity contribution in [1.29, 1.82) is 0 Å². The second-order valence-electron chi connectivity index (χ2n) is 6.79. The lowest BCUT2D eigenvalue weighted by molar-refractivity contribution is -0.129. The minimum absolute atomic E-state index is 0.0851. The van der Waals surface area contributed by atoms with E-state index in [9.17, 15) is 9.59 Å². The molecule has 3 rings (SSSR count). The van der Waals surface area contributed by atoms with Gasteiger partial charge in [-0.1, -0.05) is 12.8 Å². The molecule has 26 heavy (non-hydrogen) atoms. The van der Waals surface area contributed by atoms with E-state index in [4.69, 9.17) is 14.2 Å². The largest absolute Gasteiger partial charge is 0.493 e. The molecule has 0 bridgehead atoms. The van der Waals surface area contributed by atoms with E-state index in [1.54, 1.807) is 12.1 Å². The van der Waals surface area contributed by atoms with Gasteiger partial charge in [0, 0.05) is 36.8 Å². The summed E-state index contributed by atoms with van der Waals surface area (Å²) < 4.78 is 15.9. The van der Waals surface area contributed by atoms with Gasteiger partial charge in [0.1, 0.15) is 0 Å². The minimum atomic E-state index is -0.331. The Balaban J connectivity index is 1.71. The number of ether oxygens (including phenoxy) is 3. The topological polar surface area (TPSA) is 77.1 Å². The van der Waals surface area contributed by atoms with Crippen LogP contribution in [0.4, 0.5) is 5.69 Å². The Kier molecular flexibility index (Phi) is 5.54. The zero-order valence-electron chi connectivity index (χ0n) is 15.5. The Bertz CT molecular complexity index is 660. The molecule has 0 unspecified atom stereocenters. The van der Waals surface area contributed by atoms with Gasteiger partial charge >= 0.3 is 0 Å². The molecule has 2 aliphatic rings. The molecule has 0 aromatic heterocycles. The van der Waals surface area contributed by atoms with Gasteiger partial charge in [-0.15, -0.1) is 0 Å². The summed E-state index contributed by atoms with van der Waals surface area (Å²) in [5.41, 5.74) is 0.552. The molecule has 1 saturated carbocycles. The Hall–Kier alpha value is -2.44. The highest BCUT2D eigenvalue weighted by molar-refractivity contribution is 5.97. The van der Waals surface area contributed by atoms with Crippen LogP contribution >= 0.6 is 0 Å². The van der Waals surface area contributed by atoms with Crippen LogP contribution < -0.4 is 19.5 Å². The van der Waals surface area contributed by atoms with Crippen molar-refractivity contribution in [2.24, 2.45) is 5.92 Å². The van der Waals surface area contributed by atoms with E-state index >= 15 is 0 Å². The van der Waals surface area contributed by atoms with Crippen molar-refractivity contribution >= 4 is 17.5 Å². The first-order valence-electron chi connectivity index (χ1n) is 8.97. The van der Waals surface area contributed by atoms with Crippen molar-refractivity contribution in [3.05, 3.63) is 12.1 Å². The van der Waals surface area contributed by atoms with E-state index in [2.05, 4.69) is 5.32 Å². The van der Waals surface area contributed by atoms with Gasteiger partial charge in [-0.2, -0.15) is 0 Å². The summed E-state index contributed by atoms with van der Waals surface area (Å²) in [6, 6.07) is 3.68. The van der Waals surface area contributed by atoms with E-state index in [0.29, 0.717) is 35.5 Å². The number of hydrogen-bond acceptors (Lipinski definition) is 5. The average molecular weight is 362 g/mol. The van der Waals surface area contributed by atoms with Crippen molar-refractivity contribution in [1.82, 2.24) is 4.90 Å². The Morgan fingerprint density at radius 3 is 2.23 bits per heavy atom. The Morgan fingerprint density at radius 1 is 1.08 bits per heavy atom. The van der Waals surface area contributed by atoms with Gasteiger partial charge < -0.3 is 24.4 Å². The number of hydrogen-bond donors (Lipinski definition) is 1. The number of likely N-dealkylation sites (tertiary alicyclic amines) is 1. The molecular weight excluding hydrogens is 336 g/mol. The number of nitrogens with zero attached hydrogens (tertiary/aromatic N) is 1. The predicted molar refractivity (Wildman–Crippen MR) is 96.8 cm³/mol. The minimum Gasteiger partial charge on any atom is -0.493 e. The average Bonchev–Trinajstić information content (AvgIpc) is 3.30. The lowest BCUT2D eigenvalue weighted by atomic mass is 10.1. The van der Waals surface area contributed by atoms with Gasteiger partial charge in [-0.3, -0.25) is 9.59 Å². The number of carbonyl (C=O) groups excluding carboxylic acids is 2. The SMILES string of the molecule is COc1cc(NC(=O)[C@@H]2CC(=O)N(C3CCCC3)C2)cc(OC)c1OC. The molecule has 1 aromatic carbocycles. The summed E-state index contributed by atoms with van der Waals surface area (Å²) in [7, 11) is 4.58. The molecule has 2 amide bonds. The first-order valence-corrected chi connectivity index (χ1v) is 8.97. The highest BCUT2D eigenvalue weighted by Gasteiger charge is 2.38. The number of carbonyl (C=O) groups is 2. The summed E-state index contributed by atoms with van der Waals surface area (Å²) in [4.78, 5) is 26.9. The first-order chi connectivity index (χ1) is 12.6. The van der Waals surface area contributed by atoms with Crippen LogP contribution in [0.1, 0.15) is 32.1 Å². The number of amides is 2. The van der Waals surface area contributed by atoms with Crippen LogP contribution in [0.25, 0.3) is 0 Å². The summed E-state index contributed by atoms with van der Waals surface area (Å²) in [6.45, 7) is 0.500. The number of methoxy groups -OCH3 is 3. The molecule has 7 nitrogen and oxygen atoms in total. The third-order valence-corrected chi connectivity index (χ3v) is 5.23. The van der Waals surface area contributed by atoms with Crippen LogP contribution in [-0.4, -0.2) is 50.6 Å². The van der Waals surface area contributed by atoms with Crippen molar-refractivity contribution < 1.29 is 23.8 Å². The molecule has 2 fully saturated rings. The zero-order valence-corrected chi connectivity index (χ0v) is 15.5. The fourth-order valence-electron chi connectivity index (χ4n) is 3.87. The molecule has 1 N–H and O–H groups in total. The van der Waals surface area contributed by atoms with Crippen molar-refractivity contribution in [2.75, 3.05) is 33.2 Å². The lowest BCUT2D eigenvalue weighted by Crippen LogP contribution is -2.35. The number of nitrogens with one attached hydrogen (secondary N) is 1. The number of rotatable bonds is 6. The molecular formula is C19H26N2O5. The van der Waals surface area contributed by atoms with E-state index in [1.165, 1.54) is 21.3 Å². The summed E-state index contributed by atoms with van der Waals surface area (Å²) in [6.07, 6.45) is 4.69. The maximum atomic E-state index is 12.7. The van der Waals surface area contributed by atoms with Crippen LogP contribution in [0.5, 0.6) is 17.2 Å². The van der Waals surface area contributed by atoms with Gasteiger partial charge in [0.15, 0.2) is 11.5 Å². The van der Waals surface area contributed by atoms with Crippen LogP contribution in [-0.2, 0) is 9.59 Å². The van der Waals surface area contributed by atoms with Crippen LogP contribution in [0.2, 0.25) is 0 Å². The molecule has 1 saturated heterocycles. The zero-order chi connectivity index (χ0) is 18.7. The molecule has 0 spiro atoms. The predicted octanol–water partition coefficient (Wildman–Crippen LogP) is 2.44. The van der Waals surface area contributed by atoms with Gasteiger partial charge in [0.05, 0.1) is 27.2 Å². The normalized spacial score (nSPS) is 20.3. The van der Waals surface area contributed by atoms with Crippen molar-refractivity contribution in [3.63, 3.8) is 0 Å². The molecule has 1 heterocycles. The van der Waals surface area contributed by atoms with Crippen LogP contribution in [0.15, 0.2) is 12.1 Å². The van der Waals surface area contributed by atoms with Gasteiger partial charge in [0.25, 0.3) is 0 Å².